The quantitative estimate of drug-likeness (QED) is 0.472. The minimum atomic E-state index is -0.739. The van der Waals surface area contributed by atoms with Crippen molar-refractivity contribution < 1.29 is 28.6 Å². The molecule has 0 aromatic carbocycles. The number of nitrogens with zero attached hydrogens (tertiary/aromatic N) is 1. The molecule has 1 aliphatic carbocycles. The third-order valence-corrected chi connectivity index (χ3v) is 5.82. The maximum atomic E-state index is 12.6. The van der Waals surface area contributed by atoms with Crippen LogP contribution in [0.25, 0.3) is 0 Å². The van der Waals surface area contributed by atoms with Gasteiger partial charge in [0.2, 0.25) is 0 Å². The fourth-order valence-electron chi connectivity index (χ4n) is 3.99. The number of carbonyl (C=O) groups is 2. The van der Waals surface area contributed by atoms with Gasteiger partial charge in [-0.1, -0.05) is 20.3 Å². The van der Waals surface area contributed by atoms with Crippen molar-refractivity contribution in [1.29, 1.82) is 0 Å². The summed E-state index contributed by atoms with van der Waals surface area (Å²) >= 11 is 0. The molecule has 30 heavy (non-hydrogen) atoms. The van der Waals surface area contributed by atoms with E-state index in [0.29, 0.717) is 13.0 Å². The first-order valence-corrected chi connectivity index (χ1v) is 10.8. The summed E-state index contributed by atoms with van der Waals surface area (Å²) < 4.78 is 17.5. The van der Waals surface area contributed by atoms with E-state index >= 15 is 0 Å². The van der Waals surface area contributed by atoms with Gasteiger partial charge in [0.15, 0.2) is 5.79 Å². The molecule has 3 N–H and O–H groups in total. The van der Waals surface area contributed by atoms with E-state index < -0.39 is 11.9 Å². The highest BCUT2D eigenvalue weighted by Crippen LogP contribution is 2.38. The molecule has 4 unspecified atom stereocenters. The molecule has 174 valence electrons. The maximum absolute atomic E-state index is 12.6. The zero-order valence-corrected chi connectivity index (χ0v) is 19.2. The first-order valence-electron chi connectivity index (χ1n) is 10.8. The molecule has 0 spiro atoms. The predicted molar refractivity (Wildman–Crippen MR) is 111 cm³/mol. The van der Waals surface area contributed by atoms with Crippen molar-refractivity contribution in [3.05, 3.63) is 0 Å². The van der Waals surface area contributed by atoms with Crippen LogP contribution in [-0.4, -0.2) is 67.7 Å². The molecular formula is C21H39N3O6. The Balaban J connectivity index is 1.92. The molecule has 9 heteroatoms. The van der Waals surface area contributed by atoms with Crippen LogP contribution in [0.2, 0.25) is 0 Å². The van der Waals surface area contributed by atoms with Crippen molar-refractivity contribution in [3.8, 4) is 0 Å². The number of urea groups is 1. The largest absolute Gasteiger partial charge is 0.460 e. The second-order valence-corrected chi connectivity index (χ2v) is 9.69. The van der Waals surface area contributed by atoms with Crippen molar-refractivity contribution in [2.45, 2.75) is 96.4 Å². The number of hydrogen-bond acceptors (Lipinski definition) is 7. The van der Waals surface area contributed by atoms with Crippen molar-refractivity contribution in [3.63, 3.8) is 0 Å². The summed E-state index contributed by atoms with van der Waals surface area (Å²) in [5, 5.41) is 2.95. The average molecular weight is 430 g/mol. The Hall–Kier alpha value is -1.42. The molecule has 9 nitrogen and oxygen atoms in total. The number of rotatable bonds is 7. The molecular weight excluding hydrogens is 390 g/mol. The summed E-state index contributed by atoms with van der Waals surface area (Å²) in [6.07, 6.45) is 2.94. The van der Waals surface area contributed by atoms with Gasteiger partial charge in [-0.15, -0.1) is 0 Å². The molecule has 2 fully saturated rings. The van der Waals surface area contributed by atoms with Crippen molar-refractivity contribution in [1.82, 2.24) is 10.2 Å². The number of hydrogen-bond donors (Lipinski definition) is 2. The van der Waals surface area contributed by atoms with Crippen molar-refractivity contribution in [2.24, 2.45) is 11.3 Å². The zero-order chi connectivity index (χ0) is 22.5. The molecule has 2 amide bonds. The Labute approximate surface area is 179 Å². The van der Waals surface area contributed by atoms with Gasteiger partial charge in [0.25, 0.3) is 0 Å². The van der Waals surface area contributed by atoms with Gasteiger partial charge >= 0.3 is 12.0 Å². The molecule has 1 aliphatic heterocycles. The van der Waals surface area contributed by atoms with Gasteiger partial charge in [-0.25, -0.2) is 10.7 Å². The molecule has 0 radical (unpaired) electrons. The lowest BCUT2D eigenvalue weighted by molar-refractivity contribution is -0.330. The molecule has 2 aliphatic rings. The Morgan fingerprint density at radius 1 is 1.20 bits per heavy atom. The van der Waals surface area contributed by atoms with E-state index in [1.807, 2.05) is 27.7 Å². The van der Waals surface area contributed by atoms with Gasteiger partial charge in [0.1, 0.15) is 12.2 Å². The molecule has 0 aromatic heterocycles. The van der Waals surface area contributed by atoms with Crippen LogP contribution in [0.4, 0.5) is 4.79 Å². The van der Waals surface area contributed by atoms with Crippen molar-refractivity contribution >= 4 is 12.0 Å². The zero-order valence-electron chi connectivity index (χ0n) is 19.2. The smallest absolute Gasteiger partial charge is 0.317 e. The summed E-state index contributed by atoms with van der Waals surface area (Å²) in [5.74, 6) is 4.50. The molecule has 1 heterocycles. The number of ether oxygens (including phenoxy) is 3. The molecule has 1 saturated heterocycles. The van der Waals surface area contributed by atoms with E-state index in [0.717, 1.165) is 25.7 Å². The Bertz CT molecular complexity index is 595. The highest BCUT2D eigenvalue weighted by molar-refractivity contribution is 5.74. The number of amides is 2. The average Bonchev–Trinajstić information content (AvgIpc) is 2.66. The topological polar surface area (TPSA) is 112 Å². The van der Waals surface area contributed by atoms with Crippen LogP contribution in [-0.2, 0) is 23.8 Å². The lowest BCUT2D eigenvalue weighted by Gasteiger charge is -2.48. The lowest BCUT2D eigenvalue weighted by Crippen LogP contribution is -2.56. The normalized spacial score (nSPS) is 29.0. The minimum Gasteiger partial charge on any atom is -0.460 e. The van der Waals surface area contributed by atoms with E-state index in [9.17, 15) is 9.59 Å². The van der Waals surface area contributed by atoms with E-state index in [4.69, 9.17) is 24.9 Å². The predicted octanol–water partition coefficient (Wildman–Crippen LogP) is 2.33. The van der Waals surface area contributed by atoms with Gasteiger partial charge in [-0.2, -0.15) is 0 Å². The fraction of sp³-hybridized carbons (Fsp3) is 0.905. The monoisotopic (exact) mass is 429 g/mol. The van der Waals surface area contributed by atoms with Crippen LogP contribution >= 0.6 is 0 Å². The Kier molecular flexibility index (Phi) is 8.50. The maximum Gasteiger partial charge on any atom is 0.317 e. The Morgan fingerprint density at radius 2 is 1.87 bits per heavy atom. The third kappa shape index (κ3) is 6.80. The number of esters is 1. The van der Waals surface area contributed by atoms with E-state index in [1.165, 1.54) is 4.90 Å². The highest BCUT2D eigenvalue weighted by atomic mass is 16.7. The highest BCUT2D eigenvalue weighted by Gasteiger charge is 2.46. The van der Waals surface area contributed by atoms with Gasteiger partial charge in [-0.3, -0.25) is 9.63 Å². The van der Waals surface area contributed by atoms with Crippen LogP contribution in [0.1, 0.15) is 66.2 Å². The summed E-state index contributed by atoms with van der Waals surface area (Å²) in [5.41, 5.74) is -0.311. The molecule has 0 aromatic rings. The van der Waals surface area contributed by atoms with Crippen LogP contribution in [0.3, 0.4) is 0 Å². The number of nitrogens with two attached hydrogens (primary N) is 1. The SMILES string of the molecule is CN(C)C(=O)NC1CCCCC1OC(=O)CCC(ON)C1OC(C)(C)OCC1(C)C. The minimum absolute atomic E-state index is 0.157. The van der Waals surface area contributed by atoms with E-state index in [-0.39, 0.29) is 42.1 Å². The third-order valence-electron chi connectivity index (χ3n) is 5.82. The Morgan fingerprint density at radius 3 is 2.50 bits per heavy atom. The molecule has 0 bridgehead atoms. The standard InChI is InChI=1S/C21H39N3O6/c1-20(2)13-27-21(3,4)29-18(20)16(30-22)11-12-17(25)28-15-10-8-7-9-14(15)23-19(26)24(5)6/h14-16,18H,7-13,22H2,1-6H3,(H,23,26). The molecule has 2 rings (SSSR count). The van der Waals surface area contributed by atoms with Gasteiger partial charge < -0.3 is 24.4 Å². The van der Waals surface area contributed by atoms with Gasteiger partial charge in [0, 0.05) is 25.9 Å². The first kappa shape index (κ1) is 24.8. The van der Waals surface area contributed by atoms with Crippen LogP contribution < -0.4 is 11.2 Å². The summed E-state index contributed by atoms with van der Waals surface area (Å²) in [6.45, 7) is 8.25. The second-order valence-electron chi connectivity index (χ2n) is 9.69. The van der Waals surface area contributed by atoms with Crippen LogP contribution in [0.15, 0.2) is 0 Å². The first-order chi connectivity index (χ1) is 13.9. The molecule has 1 saturated carbocycles. The van der Waals surface area contributed by atoms with Gasteiger partial charge in [-0.05, 0) is 39.5 Å². The summed E-state index contributed by atoms with van der Waals surface area (Å²) in [6, 6.07) is -0.348. The fourth-order valence-corrected chi connectivity index (χ4v) is 3.99. The van der Waals surface area contributed by atoms with Crippen molar-refractivity contribution in [2.75, 3.05) is 20.7 Å². The van der Waals surface area contributed by atoms with Gasteiger partial charge in [0.05, 0.1) is 18.8 Å². The van der Waals surface area contributed by atoms with Crippen LogP contribution in [0, 0.1) is 5.41 Å². The van der Waals surface area contributed by atoms with Crippen LogP contribution in [0.5, 0.6) is 0 Å². The molecule has 4 atom stereocenters. The van der Waals surface area contributed by atoms with E-state index in [2.05, 4.69) is 5.32 Å². The second kappa shape index (κ2) is 10.3. The lowest BCUT2D eigenvalue weighted by atomic mass is 9.81. The number of nitrogens with one attached hydrogen (secondary N) is 1. The summed E-state index contributed by atoms with van der Waals surface area (Å²) in [4.78, 5) is 31.3. The van der Waals surface area contributed by atoms with E-state index in [1.54, 1.807) is 14.1 Å². The number of carbonyl (C=O) groups excluding carboxylic acids is 2. The summed E-state index contributed by atoms with van der Waals surface area (Å²) in [7, 11) is 3.38.